The van der Waals surface area contributed by atoms with E-state index in [1.165, 1.54) is 38.5 Å². The van der Waals surface area contributed by atoms with Crippen molar-refractivity contribution in [1.29, 1.82) is 0 Å². The van der Waals surface area contributed by atoms with E-state index >= 15 is 0 Å². The van der Waals surface area contributed by atoms with E-state index in [0.717, 1.165) is 70.6 Å². The van der Waals surface area contributed by atoms with Crippen LogP contribution in [0.2, 0.25) is 0 Å². The van der Waals surface area contributed by atoms with Gasteiger partial charge in [0, 0.05) is 12.8 Å². The van der Waals surface area contributed by atoms with E-state index in [4.69, 9.17) is 18.5 Å². The minimum absolute atomic E-state index is 0.0454. The summed E-state index contributed by atoms with van der Waals surface area (Å²) < 4.78 is 49.3. The average molecular weight is 981 g/mol. The Labute approximate surface area is 392 Å². The molecule has 1 fully saturated rings. The van der Waals surface area contributed by atoms with E-state index in [1.807, 2.05) is 18.2 Å². The fourth-order valence-corrected chi connectivity index (χ4v) is 8.46. The molecule has 382 valence electrons. The van der Waals surface area contributed by atoms with Gasteiger partial charge in [-0.05, 0) is 84.0 Å². The monoisotopic (exact) mass is 981 g/mol. The van der Waals surface area contributed by atoms with Gasteiger partial charge in [-0.2, -0.15) is 0 Å². The van der Waals surface area contributed by atoms with Crippen LogP contribution in [0.15, 0.2) is 60.8 Å². The molecular formula is C47H82O17P2. The van der Waals surface area contributed by atoms with Crippen molar-refractivity contribution in [2.45, 2.75) is 210 Å². The number of rotatable bonds is 39. The van der Waals surface area contributed by atoms with E-state index in [2.05, 4.69) is 54.0 Å². The number of carbonyl (C=O) groups excluding carboxylic acids is 2. The lowest BCUT2D eigenvalue weighted by atomic mass is 9.85. The van der Waals surface area contributed by atoms with Crippen LogP contribution in [0, 0.1) is 0 Å². The second-order valence-electron chi connectivity index (χ2n) is 16.7. The van der Waals surface area contributed by atoms with Gasteiger partial charge < -0.3 is 49.7 Å². The van der Waals surface area contributed by atoms with Crippen LogP contribution < -0.4 is 0 Å². The number of carbonyl (C=O) groups is 2. The van der Waals surface area contributed by atoms with Crippen molar-refractivity contribution < 1.29 is 82.0 Å². The molecule has 1 rings (SSSR count). The van der Waals surface area contributed by atoms with E-state index < -0.39 is 83.5 Å². The summed E-state index contributed by atoms with van der Waals surface area (Å²) in [6, 6.07) is 0. The Bertz CT molecular complexity index is 1530. The van der Waals surface area contributed by atoms with Crippen molar-refractivity contribution in [3.8, 4) is 0 Å². The lowest BCUT2D eigenvalue weighted by Gasteiger charge is -2.43. The predicted octanol–water partition coefficient (Wildman–Crippen LogP) is 8.03. The minimum Gasteiger partial charge on any atom is -0.462 e. The van der Waals surface area contributed by atoms with Crippen LogP contribution in [0.5, 0.6) is 0 Å². The number of esters is 2. The smallest absolute Gasteiger partial charge is 0.462 e. The zero-order valence-corrected chi connectivity index (χ0v) is 41.0. The van der Waals surface area contributed by atoms with Gasteiger partial charge in [-0.25, -0.2) is 9.13 Å². The van der Waals surface area contributed by atoms with Gasteiger partial charge in [0.1, 0.15) is 43.2 Å². The van der Waals surface area contributed by atoms with Gasteiger partial charge in [-0.15, -0.1) is 0 Å². The molecule has 19 heteroatoms. The highest BCUT2D eigenvalue weighted by molar-refractivity contribution is 7.47. The van der Waals surface area contributed by atoms with Crippen molar-refractivity contribution in [2.75, 3.05) is 13.2 Å². The topological polar surface area (TPSA) is 276 Å². The molecular weight excluding hydrogens is 898 g/mol. The first-order valence-electron chi connectivity index (χ1n) is 23.9. The number of phosphoric acid groups is 2. The van der Waals surface area contributed by atoms with Crippen molar-refractivity contribution in [2.24, 2.45) is 0 Å². The molecule has 5 unspecified atom stereocenters. The number of hydrogen-bond acceptors (Lipinski definition) is 14. The quantitative estimate of drug-likeness (QED) is 0.0125. The number of aliphatic hydroxyl groups excluding tert-OH is 5. The summed E-state index contributed by atoms with van der Waals surface area (Å²) >= 11 is 0. The van der Waals surface area contributed by atoms with E-state index in [9.17, 15) is 58.9 Å². The normalized spacial score (nSPS) is 22.5. The molecule has 0 aromatic rings. The predicted molar refractivity (Wildman–Crippen MR) is 252 cm³/mol. The van der Waals surface area contributed by atoms with Crippen LogP contribution in [0.4, 0.5) is 0 Å². The van der Waals surface area contributed by atoms with Crippen LogP contribution in [0.25, 0.3) is 0 Å². The maximum absolute atomic E-state index is 13.0. The molecule has 9 atom stereocenters. The Morgan fingerprint density at radius 1 is 0.545 bits per heavy atom. The van der Waals surface area contributed by atoms with Crippen LogP contribution >= 0.6 is 15.6 Å². The molecule has 0 amide bonds. The van der Waals surface area contributed by atoms with Crippen LogP contribution in [0.1, 0.15) is 162 Å². The SMILES string of the molecule is CC/C=C\CCCCCCCCCCCCCC(=O)OC[C@H](COP(=O)(O)O[C@H]1C(O)C(O)C(O)[C@@H](OP(=O)(O)O)C1O)OC(=O)CCC/C=C\C/C=C\C/C=C\C/C=C\CCC[C@H](C)O. The molecule has 0 radical (unpaired) electrons. The summed E-state index contributed by atoms with van der Waals surface area (Å²) in [5, 5.41) is 50.5. The summed E-state index contributed by atoms with van der Waals surface area (Å²) in [5.74, 6) is -1.29. The van der Waals surface area contributed by atoms with Gasteiger partial charge in [-0.1, -0.05) is 125 Å². The third-order valence-electron chi connectivity index (χ3n) is 10.6. The Hall–Kier alpha value is -2.34. The summed E-state index contributed by atoms with van der Waals surface area (Å²) in [6.07, 6.45) is 26.0. The summed E-state index contributed by atoms with van der Waals surface area (Å²) in [6.45, 7) is 2.53. The van der Waals surface area contributed by atoms with Crippen LogP contribution in [-0.4, -0.2) is 114 Å². The molecule has 1 aliphatic carbocycles. The molecule has 8 N–H and O–H groups in total. The van der Waals surface area contributed by atoms with E-state index in [0.29, 0.717) is 25.7 Å². The minimum atomic E-state index is -5.38. The molecule has 17 nitrogen and oxygen atoms in total. The Balaban J connectivity index is 2.63. The fraction of sp³-hybridized carbons (Fsp3) is 0.745. The highest BCUT2D eigenvalue weighted by atomic mass is 31.2. The maximum atomic E-state index is 13.0. The molecule has 0 spiro atoms. The van der Waals surface area contributed by atoms with Crippen molar-refractivity contribution >= 4 is 27.6 Å². The molecule has 0 aromatic heterocycles. The van der Waals surface area contributed by atoms with E-state index in [1.54, 1.807) is 6.92 Å². The molecule has 0 aliphatic heterocycles. The number of unbranched alkanes of at least 4 members (excludes halogenated alkanes) is 13. The van der Waals surface area contributed by atoms with Gasteiger partial charge in [0.15, 0.2) is 6.10 Å². The van der Waals surface area contributed by atoms with Crippen LogP contribution in [0.3, 0.4) is 0 Å². The average Bonchev–Trinajstić information content (AvgIpc) is 3.26. The first-order chi connectivity index (χ1) is 31.5. The molecule has 1 aliphatic rings. The van der Waals surface area contributed by atoms with Gasteiger partial charge in [0.2, 0.25) is 0 Å². The first kappa shape index (κ1) is 61.7. The second kappa shape index (κ2) is 37.5. The van der Waals surface area contributed by atoms with Crippen molar-refractivity contribution in [3.05, 3.63) is 60.8 Å². The van der Waals surface area contributed by atoms with Crippen molar-refractivity contribution in [3.63, 3.8) is 0 Å². The van der Waals surface area contributed by atoms with Crippen LogP contribution in [-0.2, 0) is 41.8 Å². The van der Waals surface area contributed by atoms with Gasteiger partial charge in [-0.3, -0.25) is 23.2 Å². The Morgan fingerprint density at radius 3 is 1.53 bits per heavy atom. The molecule has 0 aromatic carbocycles. The van der Waals surface area contributed by atoms with Gasteiger partial charge in [0.05, 0.1) is 12.7 Å². The van der Waals surface area contributed by atoms with Crippen molar-refractivity contribution in [1.82, 2.24) is 0 Å². The Kier molecular flexibility index (Phi) is 35.1. The number of ether oxygens (including phenoxy) is 2. The number of hydrogen-bond donors (Lipinski definition) is 8. The van der Waals surface area contributed by atoms with Gasteiger partial charge in [0.25, 0.3) is 0 Å². The molecule has 0 saturated heterocycles. The number of allylic oxidation sites excluding steroid dienone is 10. The highest BCUT2D eigenvalue weighted by Gasteiger charge is 2.54. The molecule has 0 heterocycles. The second-order valence-corrected chi connectivity index (χ2v) is 19.3. The largest absolute Gasteiger partial charge is 0.472 e. The van der Waals surface area contributed by atoms with E-state index in [-0.39, 0.29) is 18.9 Å². The fourth-order valence-electron chi connectivity index (χ4n) is 6.92. The molecule has 66 heavy (non-hydrogen) atoms. The lowest BCUT2D eigenvalue weighted by Crippen LogP contribution is -2.64. The maximum Gasteiger partial charge on any atom is 0.472 e. The standard InChI is InChI=1S/C47H82O17P2/c1-3-4-5-6-7-8-9-10-12-16-19-22-25-28-31-34-40(49)60-36-39(37-61-66(58,59)64-47-44(53)42(51)43(52)46(45(47)54)63-65(55,56)57)62-41(50)35-32-29-26-23-20-17-14-11-13-15-18-21-24-27-30-33-38(2)48/h4-5,13-15,17,21,23-24,26,38-39,42-48,51-54H,3,6-12,16,18-20,22,25,27-37H2,1-2H3,(H,58,59)(H2,55,56,57)/b5-4-,15-13-,17-14-,24-21-,26-23-/t38-,39+,42?,43?,44?,45?,46+,47-/m0/s1. The highest BCUT2D eigenvalue weighted by Crippen LogP contribution is 2.49. The zero-order chi connectivity index (χ0) is 49.1. The number of aliphatic hydroxyl groups is 5. The molecule has 1 saturated carbocycles. The molecule has 0 bridgehead atoms. The summed E-state index contributed by atoms with van der Waals surface area (Å²) in [4.78, 5) is 54.3. The first-order valence-corrected chi connectivity index (χ1v) is 26.9. The Morgan fingerprint density at radius 2 is 1.00 bits per heavy atom. The number of phosphoric ester groups is 2. The summed E-state index contributed by atoms with van der Waals surface area (Å²) in [5.41, 5.74) is 0. The third kappa shape index (κ3) is 32.4. The van der Waals surface area contributed by atoms with Gasteiger partial charge >= 0.3 is 27.6 Å². The zero-order valence-electron chi connectivity index (χ0n) is 39.2. The summed E-state index contributed by atoms with van der Waals surface area (Å²) in [7, 11) is -10.7. The third-order valence-corrected chi connectivity index (χ3v) is 12.1. The lowest BCUT2D eigenvalue weighted by molar-refractivity contribution is -0.216.